The van der Waals surface area contributed by atoms with Gasteiger partial charge in [-0.3, -0.25) is 9.59 Å². The number of hydrogen-bond donors (Lipinski definition) is 2. The van der Waals surface area contributed by atoms with E-state index in [0.717, 1.165) is 5.69 Å². The van der Waals surface area contributed by atoms with E-state index in [1.807, 2.05) is 30.3 Å². The number of likely N-dealkylation sites (tertiary alicyclic amines) is 1. The summed E-state index contributed by atoms with van der Waals surface area (Å²) in [5.41, 5.74) is 8.46. The van der Waals surface area contributed by atoms with Crippen LogP contribution in [0.1, 0.15) is 40.9 Å². The van der Waals surface area contributed by atoms with Gasteiger partial charge < -0.3 is 20.4 Å². The average molecular weight is 447 g/mol. The summed E-state index contributed by atoms with van der Waals surface area (Å²) in [7, 11) is 0. The van der Waals surface area contributed by atoms with E-state index in [0.29, 0.717) is 68.0 Å². The number of aromatic nitrogens is 2. The van der Waals surface area contributed by atoms with Gasteiger partial charge in [0.2, 0.25) is 5.91 Å². The summed E-state index contributed by atoms with van der Waals surface area (Å²) in [5.74, 6) is 0.144. The molecule has 33 heavy (non-hydrogen) atoms. The van der Waals surface area contributed by atoms with Crippen molar-refractivity contribution >= 4 is 17.6 Å². The summed E-state index contributed by atoms with van der Waals surface area (Å²) in [4.78, 5) is 26.7. The van der Waals surface area contributed by atoms with Crippen molar-refractivity contribution in [1.29, 1.82) is 5.26 Å². The zero-order valence-corrected chi connectivity index (χ0v) is 18.2. The molecule has 1 aliphatic heterocycles. The molecule has 3 N–H and O–H groups in total. The van der Waals surface area contributed by atoms with E-state index in [1.54, 1.807) is 15.6 Å². The fraction of sp³-hybridized carbons (Fsp3) is 0.333. The molecule has 0 saturated carbocycles. The molecule has 1 aromatic carbocycles. The lowest BCUT2D eigenvalue weighted by Crippen LogP contribution is -2.43. The van der Waals surface area contributed by atoms with Crippen LogP contribution in [-0.4, -0.2) is 46.1 Å². The van der Waals surface area contributed by atoms with Crippen molar-refractivity contribution in [2.75, 3.05) is 25.4 Å². The number of para-hydroxylation sites is 1. The first-order valence-corrected chi connectivity index (χ1v) is 11.0. The molecular formula is C24H26N6O3. The fourth-order valence-electron chi connectivity index (χ4n) is 4.07. The van der Waals surface area contributed by atoms with Crippen LogP contribution in [0.15, 0.2) is 53.3 Å². The molecule has 9 nitrogen and oxygen atoms in total. The number of nitriles is 1. The Bertz CT molecular complexity index is 1140. The molecule has 0 bridgehead atoms. The van der Waals surface area contributed by atoms with Crippen molar-refractivity contribution in [3.63, 3.8) is 0 Å². The number of carbonyl (C=O) groups is 2. The van der Waals surface area contributed by atoms with Crippen LogP contribution in [0, 0.1) is 17.2 Å². The van der Waals surface area contributed by atoms with E-state index in [-0.39, 0.29) is 17.7 Å². The third-order valence-corrected chi connectivity index (χ3v) is 5.92. The second kappa shape index (κ2) is 10.0. The van der Waals surface area contributed by atoms with Gasteiger partial charge in [-0.05, 0) is 43.9 Å². The van der Waals surface area contributed by atoms with Gasteiger partial charge in [0, 0.05) is 25.6 Å². The van der Waals surface area contributed by atoms with Crippen LogP contribution in [0.4, 0.5) is 5.82 Å². The van der Waals surface area contributed by atoms with Crippen LogP contribution in [0.2, 0.25) is 0 Å². The normalized spacial score (nSPS) is 14.1. The summed E-state index contributed by atoms with van der Waals surface area (Å²) in [6.07, 6.45) is 5.36. The van der Waals surface area contributed by atoms with E-state index < -0.39 is 0 Å². The molecule has 3 aromatic rings. The smallest absolute Gasteiger partial charge is 0.257 e. The molecule has 0 atom stereocenters. The highest BCUT2D eigenvalue weighted by Crippen LogP contribution is 2.22. The monoisotopic (exact) mass is 446 g/mol. The molecule has 170 valence electrons. The zero-order valence-electron chi connectivity index (χ0n) is 18.2. The molecule has 0 radical (unpaired) electrons. The Kier molecular flexibility index (Phi) is 6.74. The van der Waals surface area contributed by atoms with Crippen molar-refractivity contribution < 1.29 is 14.0 Å². The van der Waals surface area contributed by atoms with Crippen LogP contribution in [0.3, 0.4) is 0 Å². The summed E-state index contributed by atoms with van der Waals surface area (Å²) in [6.45, 7) is 1.57. The number of nitrogens with one attached hydrogen (secondary N) is 1. The molecule has 1 fully saturated rings. The number of carbonyl (C=O) groups excluding carboxylic acids is 2. The minimum absolute atomic E-state index is 0.000227. The Hall–Kier alpha value is -4.06. The second-order valence-corrected chi connectivity index (χ2v) is 8.04. The summed E-state index contributed by atoms with van der Waals surface area (Å²) in [6, 6.07) is 13.2. The van der Waals surface area contributed by atoms with Crippen LogP contribution in [0.25, 0.3) is 5.69 Å². The molecule has 1 saturated heterocycles. The number of piperidine rings is 1. The maximum Gasteiger partial charge on any atom is 0.257 e. The Balaban J connectivity index is 1.25. The van der Waals surface area contributed by atoms with Gasteiger partial charge >= 0.3 is 0 Å². The molecule has 2 amide bonds. The predicted molar refractivity (Wildman–Crippen MR) is 121 cm³/mol. The average Bonchev–Trinajstić information content (AvgIpc) is 3.50. The topological polar surface area (TPSA) is 130 Å². The number of nitrogen functional groups attached to an aromatic ring is 1. The first-order chi connectivity index (χ1) is 16.1. The number of hydrogen-bond acceptors (Lipinski definition) is 6. The van der Waals surface area contributed by atoms with E-state index in [1.165, 1.54) is 12.5 Å². The molecule has 0 aliphatic carbocycles. The summed E-state index contributed by atoms with van der Waals surface area (Å²) < 4.78 is 6.55. The SMILES string of the molecule is N#Cc1c(CCCNC(=O)C2CCN(C(=O)c3ccoc3)CC2)nn(-c2ccccc2)c1N. The molecule has 4 rings (SSSR count). The number of nitrogens with zero attached hydrogens (tertiary/aromatic N) is 4. The predicted octanol–water partition coefficient (Wildman–Crippen LogP) is 2.52. The molecule has 0 spiro atoms. The van der Waals surface area contributed by atoms with Gasteiger partial charge in [0.15, 0.2) is 0 Å². The van der Waals surface area contributed by atoms with Crippen molar-refractivity contribution in [1.82, 2.24) is 20.0 Å². The minimum Gasteiger partial charge on any atom is -0.472 e. The van der Waals surface area contributed by atoms with Crippen molar-refractivity contribution in [2.24, 2.45) is 5.92 Å². The Morgan fingerprint density at radius 3 is 2.64 bits per heavy atom. The standard InChI is InChI=1S/C24H26N6O3/c25-15-20-21(28-30(22(20)26)19-5-2-1-3-6-19)7-4-11-27-23(31)17-8-12-29(13-9-17)24(32)18-10-14-33-16-18/h1-3,5-6,10,14,16-17H,4,7-9,11-13,26H2,(H,27,31). The summed E-state index contributed by atoms with van der Waals surface area (Å²) >= 11 is 0. The van der Waals surface area contributed by atoms with Crippen LogP contribution < -0.4 is 11.1 Å². The Labute approximate surface area is 191 Å². The Morgan fingerprint density at radius 1 is 1.21 bits per heavy atom. The molecule has 0 unspecified atom stereocenters. The second-order valence-electron chi connectivity index (χ2n) is 8.04. The third-order valence-electron chi connectivity index (χ3n) is 5.92. The number of furan rings is 1. The molecule has 9 heteroatoms. The lowest BCUT2D eigenvalue weighted by Gasteiger charge is -2.31. The highest BCUT2D eigenvalue weighted by atomic mass is 16.3. The van der Waals surface area contributed by atoms with Gasteiger partial charge in [-0.15, -0.1) is 0 Å². The van der Waals surface area contributed by atoms with Crippen molar-refractivity contribution in [3.8, 4) is 11.8 Å². The number of aryl methyl sites for hydroxylation is 1. The molecule has 1 aliphatic rings. The molecule has 2 aromatic heterocycles. The number of rotatable bonds is 7. The first kappa shape index (κ1) is 22.1. The highest BCUT2D eigenvalue weighted by Gasteiger charge is 2.28. The van der Waals surface area contributed by atoms with E-state index in [9.17, 15) is 14.9 Å². The quantitative estimate of drug-likeness (QED) is 0.536. The van der Waals surface area contributed by atoms with Crippen LogP contribution in [-0.2, 0) is 11.2 Å². The van der Waals surface area contributed by atoms with Gasteiger partial charge in [-0.2, -0.15) is 10.4 Å². The third kappa shape index (κ3) is 4.90. The van der Waals surface area contributed by atoms with Crippen LogP contribution >= 0.6 is 0 Å². The lowest BCUT2D eigenvalue weighted by molar-refractivity contribution is -0.126. The Morgan fingerprint density at radius 2 is 1.97 bits per heavy atom. The number of amides is 2. The number of nitrogens with two attached hydrogens (primary N) is 1. The van der Waals surface area contributed by atoms with Crippen molar-refractivity contribution in [2.45, 2.75) is 25.7 Å². The van der Waals surface area contributed by atoms with Gasteiger partial charge in [-0.25, -0.2) is 4.68 Å². The highest BCUT2D eigenvalue weighted by molar-refractivity contribution is 5.94. The maximum absolute atomic E-state index is 12.6. The van der Waals surface area contributed by atoms with Crippen molar-refractivity contribution in [3.05, 3.63) is 65.7 Å². The zero-order chi connectivity index (χ0) is 23.2. The molecular weight excluding hydrogens is 420 g/mol. The maximum atomic E-state index is 12.6. The van der Waals surface area contributed by atoms with Gasteiger partial charge in [-0.1, -0.05) is 18.2 Å². The van der Waals surface area contributed by atoms with E-state index in [2.05, 4.69) is 16.5 Å². The fourth-order valence-corrected chi connectivity index (χ4v) is 4.07. The number of anilines is 1. The minimum atomic E-state index is -0.110. The first-order valence-electron chi connectivity index (χ1n) is 11.0. The van der Waals surface area contributed by atoms with Gasteiger partial charge in [0.05, 0.1) is 23.2 Å². The largest absolute Gasteiger partial charge is 0.472 e. The van der Waals surface area contributed by atoms with Gasteiger partial charge in [0.1, 0.15) is 23.7 Å². The van der Waals surface area contributed by atoms with Crippen LogP contribution in [0.5, 0.6) is 0 Å². The lowest BCUT2D eigenvalue weighted by atomic mass is 9.95. The van der Waals surface area contributed by atoms with Gasteiger partial charge in [0.25, 0.3) is 5.91 Å². The summed E-state index contributed by atoms with van der Waals surface area (Å²) in [5, 5.41) is 17.0. The number of benzene rings is 1. The van der Waals surface area contributed by atoms with E-state index >= 15 is 0 Å². The molecule has 3 heterocycles. The van der Waals surface area contributed by atoms with E-state index in [4.69, 9.17) is 10.2 Å².